The van der Waals surface area contributed by atoms with Gasteiger partial charge in [-0.25, -0.2) is 21.5 Å². The van der Waals surface area contributed by atoms with Crippen LogP contribution in [0, 0.1) is 0 Å². The second kappa shape index (κ2) is 6.94. The molecular weight excluding hydrogens is 426 g/mol. The van der Waals surface area contributed by atoms with Gasteiger partial charge in [0.25, 0.3) is 10.0 Å². The van der Waals surface area contributed by atoms with E-state index in [9.17, 15) is 16.8 Å². The Morgan fingerprint density at radius 2 is 1.96 bits per heavy atom. The molecule has 0 aliphatic carbocycles. The highest BCUT2D eigenvalue weighted by Gasteiger charge is 2.32. The summed E-state index contributed by atoms with van der Waals surface area (Å²) in [4.78, 5) is 0.0308. The van der Waals surface area contributed by atoms with Crippen LogP contribution in [0.25, 0.3) is 11.5 Å². The van der Waals surface area contributed by atoms with Gasteiger partial charge in [0.15, 0.2) is 15.6 Å². The number of furan rings is 1. The van der Waals surface area contributed by atoms with Gasteiger partial charge in [-0.2, -0.15) is 5.10 Å². The summed E-state index contributed by atoms with van der Waals surface area (Å²) in [6, 6.07) is 10.2. The minimum Gasteiger partial charge on any atom is -0.463 e. The molecule has 1 saturated heterocycles. The summed E-state index contributed by atoms with van der Waals surface area (Å²) in [7, 11) is -7.10. The van der Waals surface area contributed by atoms with E-state index in [0.29, 0.717) is 22.9 Å². The summed E-state index contributed by atoms with van der Waals surface area (Å²) in [6.45, 7) is 0. The Bertz CT molecular complexity index is 1200. The SMILES string of the molecule is O=S1(=O)CCC(n2nc(-c3ccco3)cc2NS(=O)(=O)c2ccc(Cl)cc2)C1. The lowest BCUT2D eigenvalue weighted by atomic mass is 10.3. The average Bonchev–Trinajstić information content (AvgIpc) is 3.34. The third-order valence-corrected chi connectivity index (χ3v) is 7.80. The lowest BCUT2D eigenvalue weighted by molar-refractivity contribution is 0.504. The van der Waals surface area contributed by atoms with Crippen molar-refractivity contribution < 1.29 is 21.3 Å². The maximum absolute atomic E-state index is 12.8. The molecule has 0 saturated carbocycles. The number of anilines is 1. The fraction of sp³-hybridized carbons (Fsp3) is 0.235. The molecule has 0 bridgehead atoms. The van der Waals surface area contributed by atoms with E-state index in [0.717, 1.165) is 0 Å². The number of halogens is 1. The van der Waals surface area contributed by atoms with Crippen molar-refractivity contribution in [1.29, 1.82) is 0 Å². The molecule has 1 aliphatic heterocycles. The molecule has 0 amide bonds. The predicted molar refractivity (Wildman–Crippen MR) is 104 cm³/mol. The Morgan fingerprint density at radius 3 is 2.57 bits per heavy atom. The highest BCUT2D eigenvalue weighted by Crippen LogP contribution is 2.31. The van der Waals surface area contributed by atoms with Crippen LogP contribution in [0.1, 0.15) is 12.5 Å². The fourth-order valence-corrected chi connectivity index (χ4v) is 5.93. The van der Waals surface area contributed by atoms with Gasteiger partial charge in [0.2, 0.25) is 0 Å². The van der Waals surface area contributed by atoms with E-state index < -0.39 is 25.9 Å². The summed E-state index contributed by atoms with van der Waals surface area (Å²) in [5.41, 5.74) is 0.406. The largest absolute Gasteiger partial charge is 0.463 e. The first kappa shape index (κ1) is 19.0. The topological polar surface area (TPSA) is 111 Å². The van der Waals surface area contributed by atoms with Crippen molar-refractivity contribution in [2.45, 2.75) is 17.4 Å². The number of sulfonamides is 1. The first-order valence-electron chi connectivity index (χ1n) is 8.36. The molecule has 1 atom stereocenters. The Kier molecular flexibility index (Phi) is 4.72. The second-order valence-electron chi connectivity index (χ2n) is 6.45. The quantitative estimate of drug-likeness (QED) is 0.651. The third kappa shape index (κ3) is 3.80. The molecule has 2 aromatic heterocycles. The van der Waals surface area contributed by atoms with Crippen molar-refractivity contribution in [2.24, 2.45) is 0 Å². The molecule has 1 fully saturated rings. The number of aromatic nitrogens is 2. The molecule has 0 spiro atoms. The Balaban J connectivity index is 1.73. The molecule has 1 aromatic carbocycles. The van der Waals surface area contributed by atoms with Crippen LogP contribution in [0.2, 0.25) is 5.02 Å². The molecule has 1 unspecified atom stereocenters. The van der Waals surface area contributed by atoms with Gasteiger partial charge in [-0.05, 0) is 42.8 Å². The monoisotopic (exact) mass is 441 g/mol. The van der Waals surface area contributed by atoms with Crippen molar-refractivity contribution in [3.05, 3.63) is 53.8 Å². The van der Waals surface area contributed by atoms with E-state index in [1.807, 2.05) is 0 Å². The van der Waals surface area contributed by atoms with Gasteiger partial charge in [-0.3, -0.25) is 4.72 Å². The molecule has 28 heavy (non-hydrogen) atoms. The van der Waals surface area contributed by atoms with Crippen molar-refractivity contribution in [2.75, 3.05) is 16.2 Å². The van der Waals surface area contributed by atoms with Gasteiger partial charge in [0.05, 0.1) is 28.7 Å². The summed E-state index contributed by atoms with van der Waals surface area (Å²) in [6.07, 6.45) is 1.84. The van der Waals surface area contributed by atoms with Crippen molar-refractivity contribution in [3.8, 4) is 11.5 Å². The van der Waals surface area contributed by atoms with Crippen molar-refractivity contribution in [3.63, 3.8) is 0 Å². The number of nitrogens with one attached hydrogen (secondary N) is 1. The van der Waals surface area contributed by atoms with Gasteiger partial charge >= 0.3 is 0 Å². The molecule has 1 aliphatic rings. The van der Waals surface area contributed by atoms with Gasteiger partial charge in [-0.1, -0.05) is 11.6 Å². The van der Waals surface area contributed by atoms with E-state index in [2.05, 4.69) is 9.82 Å². The number of sulfone groups is 1. The number of nitrogens with zero attached hydrogens (tertiary/aromatic N) is 2. The molecule has 0 radical (unpaired) electrons. The van der Waals surface area contributed by atoms with Crippen LogP contribution in [0.3, 0.4) is 0 Å². The molecule has 148 valence electrons. The zero-order valence-corrected chi connectivity index (χ0v) is 16.8. The zero-order chi connectivity index (χ0) is 19.9. The normalized spacial score (nSPS) is 19.0. The van der Waals surface area contributed by atoms with Crippen LogP contribution >= 0.6 is 11.6 Å². The lowest BCUT2D eigenvalue weighted by Gasteiger charge is -2.14. The number of benzene rings is 1. The molecule has 4 rings (SSSR count). The van der Waals surface area contributed by atoms with Gasteiger partial charge in [0.1, 0.15) is 11.5 Å². The van der Waals surface area contributed by atoms with Crippen LogP contribution in [0.5, 0.6) is 0 Å². The highest BCUT2D eigenvalue weighted by molar-refractivity contribution is 7.92. The lowest BCUT2D eigenvalue weighted by Crippen LogP contribution is -2.19. The Hall–Kier alpha value is -2.30. The van der Waals surface area contributed by atoms with E-state index in [-0.39, 0.29) is 22.2 Å². The maximum Gasteiger partial charge on any atom is 0.263 e. The second-order valence-corrected chi connectivity index (χ2v) is 10.8. The summed E-state index contributed by atoms with van der Waals surface area (Å²) >= 11 is 5.82. The molecule has 8 nitrogen and oxygen atoms in total. The minimum atomic E-state index is -3.92. The maximum atomic E-state index is 12.8. The van der Waals surface area contributed by atoms with Gasteiger partial charge in [-0.15, -0.1) is 0 Å². The van der Waals surface area contributed by atoms with Gasteiger partial charge < -0.3 is 4.42 Å². The van der Waals surface area contributed by atoms with Crippen LogP contribution in [-0.4, -0.2) is 38.1 Å². The summed E-state index contributed by atoms with van der Waals surface area (Å²) in [5.74, 6) is 0.564. The summed E-state index contributed by atoms with van der Waals surface area (Å²) < 4.78 is 58.6. The molecular formula is C17H16ClN3O5S2. The minimum absolute atomic E-state index is 0.0308. The fourth-order valence-electron chi connectivity index (χ4n) is 3.07. The first-order chi connectivity index (χ1) is 13.2. The smallest absolute Gasteiger partial charge is 0.263 e. The van der Waals surface area contributed by atoms with Gasteiger partial charge in [0, 0.05) is 11.1 Å². The van der Waals surface area contributed by atoms with Crippen LogP contribution in [-0.2, 0) is 19.9 Å². The van der Waals surface area contributed by atoms with E-state index in [1.165, 1.54) is 41.3 Å². The van der Waals surface area contributed by atoms with Crippen LogP contribution in [0.4, 0.5) is 5.82 Å². The Morgan fingerprint density at radius 1 is 1.21 bits per heavy atom. The molecule has 1 N–H and O–H groups in total. The highest BCUT2D eigenvalue weighted by atomic mass is 35.5. The first-order valence-corrected chi connectivity index (χ1v) is 12.0. The van der Waals surface area contributed by atoms with E-state index >= 15 is 0 Å². The molecule has 11 heteroatoms. The average molecular weight is 442 g/mol. The molecule has 3 heterocycles. The third-order valence-electron chi connectivity index (χ3n) is 4.43. The zero-order valence-electron chi connectivity index (χ0n) is 14.4. The number of hydrogen-bond donors (Lipinski definition) is 1. The standard InChI is InChI=1S/C17H16ClN3O5S2/c18-12-3-5-14(6-4-12)28(24,25)20-17-10-15(16-2-1-8-26-16)19-21(17)13-7-9-27(22,23)11-13/h1-6,8,10,13,20H,7,9,11H2. The number of hydrogen-bond acceptors (Lipinski definition) is 6. The molecule has 3 aromatic rings. The van der Waals surface area contributed by atoms with Crippen LogP contribution < -0.4 is 4.72 Å². The van der Waals surface area contributed by atoms with E-state index in [4.69, 9.17) is 16.0 Å². The van der Waals surface area contributed by atoms with Crippen molar-refractivity contribution >= 4 is 37.3 Å². The van der Waals surface area contributed by atoms with Crippen molar-refractivity contribution in [1.82, 2.24) is 9.78 Å². The van der Waals surface area contributed by atoms with Crippen LogP contribution in [0.15, 0.2) is 58.0 Å². The summed E-state index contributed by atoms with van der Waals surface area (Å²) in [5, 5.41) is 4.82. The predicted octanol–water partition coefficient (Wildman–Crippen LogP) is 2.96. The Labute approximate surface area is 167 Å². The number of rotatable bonds is 5. The van der Waals surface area contributed by atoms with E-state index in [1.54, 1.807) is 12.1 Å².